The van der Waals surface area contributed by atoms with E-state index in [0.717, 1.165) is 0 Å². The van der Waals surface area contributed by atoms with Crippen molar-refractivity contribution in [2.75, 3.05) is 0 Å². The Morgan fingerprint density at radius 1 is 1.44 bits per heavy atom. The van der Waals surface area contributed by atoms with Gasteiger partial charge in [-0.05, 0) is 13.0 Å². The summed E-state index contributed by atoms with van der Waals surface area (Å²) in [7, 11) is 0. The zero-order valence-corrected chi connectivity index (χ0v) is 8.87. The first kappa shape index (κ1) is 10.4. The van der Waals surface area contributed by atoms with Crippen molar-refractivity contribution >= 4 is 5.97 Å². The molecule has 0 unspecified atom stereocenters. The van der Waals surface area contributed by atoms with Gasteiger partial charge in [0, 0.05) is 18.1 Å². The van der Waals surface area contributed by atoms with Crippen LogP contribution < -0.4 is 0 Å². The number of carbonyl (C=O) groups is 1. The maximum atomic E-state index is 10.8. The number of rotatable bonds is 4. The van der Waals surface area contributed by atoms with Gasteiger partial charge in [-0.25, -0.2) is 4.79 Å². The topological polar surface area (TPSA) is 72.9 Å². The van der Waals surface area contributed by atoms with Crippen molar-refractivity contribution in [3.05, 3.63) is 35.9 Å². The lowest BCUT2D eigenvalue weighted by Crippen LogP contribution is -2.11. The van der Waals surface area contributed by atoms with E-state index in [1.54, 1.807) is 22.5 Å². The minimum absolute atomic E-state index is 0.250. The number of nitrogens with zero attached hydrogens (tertiary/aromatic N) is 4. The van der Waals surface area contributed by atoms with Crippen LogP contribution in [-0.4, -0.2) is 30.6 Å². The standard InChI is InChI=1S/C10H12N4O2/c1-8-9(10(15)16)7-12-14(8)6-5-13-4-2-3-11-13/h2-4,7H,5-6H2,1H3,(H,15,16). The van der Waals surface area contributed by atoms with Gasteiger partial charge in [-0.1, -0.05) is 0 Å². The lowest BCUT2D eigenvalue weighted by molar-refractivity contribution is 0.0696. The molecule has 0 aliphatic carbocycles. The van der Waals surface area contributed by atoms with Gasteiger partial charge in [0.05, 0.1) is 19.3 Å². The zero-order valence-electron chi connectivity index (χ0n) is 8.87. The van der Waals surface area contributed by atoms with Gasteiger partial charge < -0.3 is 5.11 Å². The molecule has 0 saturated carbocycles. The summed E-state index contributed by atoms with van der Waals surface area (Å²) in [6.07, 6.45) is 4.94. The van der Waals surface area contributed by atoms with Crippen LogP contribution in [0.3, 0.4) is 0 Å². The molecule has 0 aliphatic heterocycles. The van der Waals surface area contributed by atoms with Gasteiger partial charge in [-0.3, -0.25) is 9.36 Å². The lowest BCUT2D eigenvalue weighted by Gasteiger charge is -2.04. The quantitative estimate of drug-likeness (QED) is 0.826. The molecule has 2 heterocycles. The van der Waals surface area contributed by atoms with Crippen LogP contribution >= 0.6 is 0 Å². The molecule has 0 amide bonds. The van der Waals surface area contributed by atoms with Gasteiger partial charge in [0.25, 0.3) is 0 Å². The van der Waals surface area contributed by atoms with Crippen molar-refractivity contribution in [3.63, 3.8) is 0 Å². The number of aryl methyl sites for hydroxylation is 2. The average Bonchev–Trinajstić information content (AvgIpc) is 2.84. The molecule has 6 nitrogen and oxygen atoms in total. The summed E-state index contributed by atoms with van der Waals surface area (Å²) in [6.45, 7) is 3.04. The molecule has 6 heteroatoms. The van der Waals surface area contributed by atoms with E-state index in [0.29, 0.717) is 18.8 Å². The van der Waals surface area contributed by atoms with Gasteiger partial charge in [-0.2, -0.15) is 10.2 Å². The first-order valence-corrected chi connectivity index (χ1v) is 4.91. The third kappa shape index (κ3) is 1.95. The highest BCUT2D eigenvalue weighted by Crippen LogP contribution is 2.06. The Hall–Kier alpha value is -2.11. The maximum Gasteiger partial charge on any atom is 0.339 e. The minimum Gasteiger partial charge on any atom is -0.478 e. The van der Waals surface area contributed by atoms with Gasteiger partial charge in [0.1, 0.15) is 5.56 Å². The predicted octanol–water partition coefficient (Wildman–Crippen LogP) is 0.786. The first-order chi connectivity index (χ1) is 7.68. The average molecular weight is 220 g/mol. The Labute approximate surface area is 92.1 Å². The van der Waals surface area contributed by atoms with Crippen molar-refractivity contribution < 1.29 is 9.90 Å². The zero-order chi connectivity index (χ0) is 11.5. The van der Waals surface area contributed by atoms with E-state index in [1.165, 1.54) is 6.20 Å². The highest BCUT2D eigenvalue weighted by molar-refractivity contribution is 5.88. The molecule has 2 aromatic rings. The molecular formula is C10H12N4O2. The number of aromatic nitrogens is 4. The Kier molecular flexibility index (Phi) is 2.72. The van der Waals surface area contributed by atoms with Crippen LogP contribution in [0.25, 0.3) is 0 Å². The summed E-state index contributed by atoms with van der Waals surface area (Å²) >= 11 is 0. The second kappa shape index (κ2) is 4.18. The largest absolute Gasteiger partial charge is 0.478 e. The SMILES string of the molecule is Cc1c(C(=O)O)cnn1CCn1cccn1. The highest BCUT2D eigenvalue weighted by atomic mass is 16.4. The molecule has 0 atom stereocenters. The summed E-state index contributed by atoms with van der Waals surface area (Å²) in [6, 6.07) is 1.85. The number of hydrogen-bond donors (Lipinski definition) is 1. The summed E-state index contributed by atoms with van der Waals surface area (Å²) in [4.78, 5) is 10.8. The fraction of sp³-hybridized carbons (Fsp3) is 0.300. The van der Waals surface area contributed by atoms with Crippen molar-refractivity contribution in [1.82, 2.24) is 19.6 Å². The highest BCUT2D eigenvalue weighted by Gasteiger charge is 2.12. The summed E-state index contributed by atoms with van der Waals surface area (Å²) in [5, 5.41) is 17.0. The van der Waals surface area contributed by atoms with E-state index in [9.17, 15) is 4.79 Å². The Balaban J connectivity index is 2.08. The molecule has 0 saturated heterocycles. The predicted molar refractivity (Wildman–Crippen MR) is 56.2 cm³/mol. The van der Waals surface area contributed by atoms with Crippen LogP contribution in [0.4, 0.5) is 0 Å². The van der Waals surface area contributed by atoms with Gasteiger partial charge in [0.15, 0.2) is 0 Å². The smallest absolute Gasteiger partial charge is 0.339 e. The van der Waals surface area contributed by atoms with Gasteiger partial charge in [-0.15, -0.1) is 0 Å². The van der Waals surface area contributed by atoms with Crippen LogP contribution in [0.5, 0.6) is 0 Å². The molecule has 0 fully saturated rings. The minimum atomic E-state index is -0.942. The number of hydrogen-bond acceptors (Lipinski definition) is 3. The summed E-state index contributed by atoms with van der Waals surface area (Å²) in [5.74, 6) is -0.942. The molecule has 2 rings (SSSR count). The van der Waals surface area contributed by atoms with Crippen molar-refractivity contribution in [2.24, 2.45) is 0 Å². The van der Waals surface area contributed by atoms with E-state index >= 15 is 0 Å². The summed E-state index contributed by atoms with van der Waals surface area (Å²) in [5.41, 5.74) is 0.917. The number of carboxylic acids is 1. The third-order valence-corrected chi connectivity index (χ3v) is 2.43. The molecule has 0 spiro atoms. The molecule has 84 valence electrons. The number of aromatic carboxylic acids is 1. The van der Waals surface area contributed by atoms with Crippen LogP contribution in [0.1, 0.15) is 16.1 Å². The lowest BCUT2D eigenvalue weighted by atomic mass is 10.3. The molecule has 1 N–H and O–H groups in total. The summed E-state index contributed by atoms with van der Waals surface area (Å²) < 4.78 is 3.45. The number of carboxylic acid groups (broad SMARTS) is 1. The van der Waals surface area contributed by atoms with Gasteiger partial charge in [0.2, 0.25) is 0 Å². The van der Waals surface area contributed by atoms with Crippen LogP contribution in [-0.2, 0) is 13.1 Å². The van der Waals surface area contributed by atoms with E-state index in [-0.39, 0.29) is 5.56 Å². The van der Waals surface area contributed by atoms with E-state index in [2.05, 4.69) is 10.2 Å². The Bertz CT molecular complexity index is 487. The molecular weight excluding hydrogens is 208 g/mol. The van der Waals surface area contributed by atoms with E-state index in [1.807, 2.05) is 12.3 Å². The Morgan fingerprint density at radius 2 is 2.25 bits per heavy atom. The first-order valence-electron chi connectivity index (χ1n) is 4.91. The molecule has 0 bridgehead atoms. The second-order valence-electron chi connectivity index (χ2n) is 3.44. The third-order valence-electron chi connectivity index (χ3n) is 2.43. The molecule has 0 aromatic carbocycles. The normalized spacial score (nSPS) is 10.6. The molecule has 0 aliphatic rings. The van der Waals surface area contributed by atoms with Crippen LogP contribution in [0, 0.1) is 6.92 Å². The fourth-order valence-corrected chi connectivity index (χ4v) is 1.51. The fourth-order valence-electron chi connectivity index (χ4n) is 1.51. The van der Waals surface area contributed by atoms with Crippen LogP contribution in [0.2, 0.25) is 0 Å². The molecule has 16 heavy (non-hydrogen) atoms. The van der Waals surface area contributed by atoms with Crippen molar-refractivity contribution in [1.29, 1.82) is 0 Å². The molecule has 2 aromatic heterocycles. The van der Waals surface area contributed by atoms with Gasteiger partial charge >= 0.3 is 5.97 Å². The maximum absolute atomic E-state index is 10.8. The second-order valence-corrected chi connectivity index (χ2v) is 3.44. The van der Waals surface area contributed by atoms with Crippen LogP contribution in [0.15, 0.2) is 24.7 Å². The monoisotopic (exact) mass is 220 g/mol. The molecule has 0 radical (unpaired) electrons. The van der Waals surface area contributed by atoms with Crippen molar-refractivity contribution in [3.8, 4) is 0 Å². The Morgan fingerprint density at radius 3 is 2.81 bits per heavy atom. The van der Waals surface area contributed by atoms with E-state index in [4.69, 9.17) is 5.11 Å². The van der Waals surface area contributed by atoms with E-state index < -0.39 is 5.97 Å². The van der Waals surface area contributed by atoms with Crippen molar-refractivity contribution in [2.45, 2.75) is 20.0 Å².